The minimum atomic E-state index is -0.0770. The van der Waals surface area contributed by atoms with E-state index in [2.05, 4.69) is 11.8 Å². The summed E-state index contributed by atoms with van der Waals surface area (Å²) in [5, 5.41) is 0.685. The van der Waals surface area contributed by atoms with Crippen LogP contribution in [0.4, 0.5) is 5.13 Å². The molecule has 6 nitrogen and oxygen atoms in total. The molecule has 0 bridgehead atoms. The number of methoxy groups -OCH3 is 1. The van der Waals surface area contributed by atoms with Crippen LogP contribution in [0.2, 0.25) is 0 Å². The molecule has 0 aliphatic heterocycles. The summed E-state index contributed by atoms with van der Waals surface area (Å²) in [6.45, 7) is 4.11. The molecule has 0 saturated carbocycles. The highest BCUT2D eigenvalue weighted by Gasteiger charge is 2.22. The van der Waals surface area contributed by atoms with Gasteiger partial charge in [-0.3, -0.25) is 9.69 Å². The van der Waals surface area contributed by atoms with Gasteiger partial charge in [-0.15, -0.1) is 12.4 Å². The SMILES string of the molecule is CCCCCOc1cccc(C(=O)N(CCN(C)C)c2nc3ccc(OC)cc3s2)c1.Cl. The Morgan fingerprint density at radius 2 is 1.88 bits per heavy atom. The van der Waals surface area contributed by atoms with Crippen molar-refractivity contribution in [2.24, 2.45) is 0 Å². The monoisotopic (exact) mass is 477 g/mol. The van der Waals surface area contributed by atoms with Crippen molar-refractivity contribution >= 4 is 45.0 Å². The van der Waals surface area contributed by atoms with E-state index in [-0.39, 0.29) is 18.3 Å². The summed E-state index contributed by atoms with van der Waals surface area (Å²) in [6.07, 6.45) is 3.30. The smallest absolute Gasteiger partial charge is 0.260 e. The first-order valence-corrected chi connectivity index (χ1v) is 11.5. The molecule has 0 aliphatic rings. The van der Waals surface area contributed by atoms with Gasteiger partial charge in [0, 0.05) is 18.7 Å². The third-order valence-electron chi connectivity index (χ3n) is 4.93. The number of carbonyl (C=O) groups is 1. The van der Waals surface area contributed by atoms with Gasteiger partial charge < -0.3 is 14.4 Å². The Labute approximate surface area is 200 Å². The first-order valence-electron chi connectivity index (χ1n) is 10.7. The molecule has 0 unspecified atom stereocenters. The van der Waals surface area contributed by atoms with Crippen LogP contribution in [0.1, 0.15) is 36.5 Å². The predicted molar refractivity (Wildman–Crippen MR) is 135 cm³/mol. The zero-order valence-corrected chi connectivity index (χ0v) is 20.8. The summed E-state index contributed by atoms with van der Waals surface area (Å²) in [6, 6.07) is 13.2. The normalized spacial score (nSPS) is 10.8. The summed E-state index contributed by atoms with van der Waals surface area (Å²) in [5.74, 6) is 1.43. The number of ether oxygens (including phenoxy) is 2. The standard InChI is InChI=1S/C24H31N3O3S.ClH/c1-5-6-7-15-30-20-10-8-9-18(16-20)23(28)27(14-13-26(2)3)24-25-21-12-11-19(29-4)17-22(21)31-24;/h8-12,16-17H,5-7,13-15H2,1-4H3;1H. The van der Waals surface area contributed by atoms with Crippen molar-refractivity contribution in [2.45, 2.75) is 26.2 Å². The lowest BCUT2D eigenvalue weighted by Crippen LogP contribution is -2.36. The quantitative estimate of drug-likeness (QED) is 0.341. The molecule has 32 heavy (non-hydrogen) atoms. The number of halogens is 1. The summed E-state index contributed by atoms with van der Waals surface area (Å²) < 4.78 is 12.2. The van der Waals surface area contributed by atoms with E-state index in [1.165, 1.54) is 11.3 Å². The van der Waals surface area contributed by atoms with Gasteiger partial charge in [0.25, 0.3) is 5.91 Å². The molecule has 0 aliphatic carbocycles. The van der Waals surface area contributed by atoms with Gasteiger partial charge in [0.1, 0.15) is 11.5 Å². The third-order valence-corrected chi connectivity index (χ3v) is 5.97. The Morgan fingerprint density at radius 3 is 2.59 bits per heavy atom. The van der Waals surface area contributed by atoms with Crippen molar-refractivity contribution in [3.05, 3.63) is 48.0 Å². The molecular formula is C24H32ClN3O3S. The third kappa shape index (κ3) is 6.82. The second kappa shape index (κ2) is 12.6. The molecule has 2 aromatic carbocycles. The van der Waals surface area contributed by atoms with Crippen LogP contribution in [0.5, 0.6) is 11.5 Å². The van der Waals surface area contributed by atoms with Crippen molar-refractivity contribution in [2.75, 3.05) is 45.8 Å². The Kier molecular flexibility index (Phi) is 10.2. The van der Waals surface area contributed by atoms with Crippen molar-refractivity contribution < 1.29 is 14.3 Å². The number of aromatic nitrogens is 1. The van der Waals surface area contributed by atoms with Crippen molar-refractivity contribution in [3.8, 4) is 11.5 Å². The maximum absolute atomic E-state index is 13.5. The molecule has 0 spiro atoms. The minimum absolute atomic E-state index is 0. The minimum Gasteiger partial charge on any atom is -0.497 e. The van der Waals surface area contributed by atoms with Gasteiger partial charge in [-0.1, -0.05) is 37.2 Å². The Balaban J connectivity index is 0.00000363. The van der Waals surface area contributed by atoms with Crippen LogP contribution >= 0.6 is 23.7 Å². The fourth-order valence-electron chi connectivity index (χ4n) is 3.14. The number of rotatable bonds is 11. The molecule has 1 amide bonds. The molecule has 1 aromatic heterocycles. The molecule has 3 aromatic rings. The maximum Gasteiger partial charge on any atom is 0.260 e. The van der Waals surface area contributed by atoms with Crippen LogP contribution in [-0.2, 0) is 0 Å². The first kappa shape index (κ1) is 25.9. The van der Waals surface area contributed by atoms with Crippen LogP contribution in [-0.4, -0.2) is 56.7 Å². The molecule has 0 N–H and O–H groups in total. The number of anilines is 1. The zero-order valence-electron chi connectivity index (χ0n) is 19.2. The van der Waals surface area contributed by atoms with Crippen LogP contribution in [0.3, 0.4) is 0 Å². The summed E-state index contributed by atoms with van der Waals surface area (Å²) >= 11 is 1.50. The number of fused-ring (bicyclic) bond motifs is 1. The van der Waals surface area contributed by atoms with Gasteiger partial charge in [0.05, 0.1) is 23.9 Å². The molecule has 0 fully saturated rings. The van der Waals surface area contributed by atoms with E-state index < -0.39 is 0 Å². The highest BCUT2D eigenvalue weighted by atomic mass is 35.5. The number of benzene rings is 2. The lowest BCUT2D eigenvalue weighted by molar-refractivity contribution is 0.0984. The van der Waals surface area contributed by atoms with Crippen molar-refractivity contribution in [1.82, 2.24) is 9.88 Å². The van der Waals surface area contributed by atoms with E-state index in [9.17, 15) is 4.79 Å². The Bertz CT molecular complexity index is 1010. The number of carbonyl (C=O) groups excluding carboxylic acids is 1. The van der Waals surface area contributed by atoms with Crippen LogP contribution in [0.25, 0.3) is 10.2 Å². The van der Waals surface area contributed by atoms with E-state index >= 15 is 0 Å². The van der Waals surface area contributed by atoms with Gasteiger partial charge in [-0.2, -0.15) is 0 Å². The van der Waals surface area contributed by atoms with Crippen LogP contribution in [0, 0.1) is 0 Å². The Hall–Kier alpha value is -2.35. The maximum atomic E-state index is 13.5. The second-order valence-electron chi connectivity index (χ2n) is 7.67. The van der Waals surface area contributed by atoms with Crippen LogP contribution in [0.15, 0.2) is 42.5 Å². The van der Waals surface area contributed by atoms with E-state index in [4.69, 9.17) is 14.5 Å². The number of likely N-dealkylation sites (N-methyl/N-ethyl adjacent to an activating group) is 1. The fourth-order valence-corrected chi connectivity index (χ4v) is 4.15. The molecule has 0 saturated heterocycles. The topological polar surface area (TPSA) is 54.9 Å². The van der Waals surface area contributed by atoms with E-state index in [0.717, 1.165) is 47.5 Å². The lowest BCUT2D eigenvalue weighted by Gasteiger charge is -2.22. The summed E-state index contributed by atoms with van der Waals surface area (Å²) in [7, 11) is 5.64. The zero-order chi connectivity index (χ0) is 22.2. The van der Waals surface area contributed by atoms with Gasteiger partial charge >= 0.3 is 0 Å². The average Bonchev–Trinajstić information content (AvgIpc) is 3.19. The molecule has 8 heteroatoms. The summed E-state index contributed by atoms with van der Waals surface area (Å²) in [4.78, 5) is 22.0. The van der Waals surface area contributed by atoms with Gasteiger partial charge in [0.15, 0.2) is 5.13 Å². The molecular weight excluding hydrogens is 446 g/mol. The van der Waals surface area contributed by atoms with Gasteiger partial charge in [-0.05, 0) is 56.9 Å². The first-order chi connectivity index (χ1) is 15.0. The molecule has 3 rings (SSSR count). The summed E-state index contributed by atoms with van der Waals surface area (Å²) in [5.41, 5.74) is 1.46. The second-order valence-corrected chi connectivity index (χ2v) is 8.68. The van der Waals surface area contributed by atoms with Crippen molar-refractivity contribution in [3.63, 3.8) is 0 Å². The molecule has 1 heterocycles. The highest BCUT2D eigenvalue weighted by Crippen LogP contribution is 2.32. The predicted octanol–water partition coefficient (Wildman–Crippen LogP) is 5.50. The fraction of sp³-hybridized carbons (Fsp3) is 0.417. The van der Waals surface area contributed by atoms with E-state index in [0.29, 0.717) is 23.8 Å². The van der Waals surface area contributed by atoms with Gasteiger partial charge in [-0.25, -0.2) is 4.98 Å². The number of hydrogen-bond acceptors (Lipinski definition) is 6. The van der Waals surface area contributed by atoms with Crippen LogP contribution < -0.4 is 14.4 Å². The van der Waals surface area contributed by atoms with E-state index in [1.807, 2.05) is 56.6 Å². The average molecular weight is 478 g/mol. The lowest BCUT2D eigenvalue weighted by atomic mass is 10.2. The molecule has 0 atom stereocenters. The van der Waals surface area contributed by atoms with Crippen molar-refractivity contribution in [1.29, 1.82) is 0 Å². The number of nitrogens with zero attached hydrogens (tertiary/aromatic N) is 3. The molecule has 174 valence electrons. The number of hydrogen-bond donors (Lipinski definition) is 0. The number of amides is 1. The highest BCUT2D eigenvalue weighted by molar-refractivity contribution is 7.22. The van der Waals surface area contributed by atoms with E-state index in [1.54, 1.807) is 12.0 Å². The Morgan fingerprint density at radius 1 is 1.06 bits per heavy atom. The van der Waals surface area contributed by atoms with Gasteiger partial charge in [0.2, 0.25) is 0 Å². The number of unbranched alkanes of at least 4 members (excludes halogenated alkanes) is 2. The molecule has 0 radical (unpaired) electrons. The largest absolute Gasteiger partial charge is 0.497 e. The number of thiazole rings is 1.